The number of carbonyl (C=O) groups is 4. The Bertz CT molecular complexity index is 1900. The molecular formula is C31H27NO15. The third kappa shape index (κ3) is 4.86. The Labute approximate surface area is 263 Å². The number of carboxylic acid groups (broad SMARTS) is 1. The number of aliphatic hydroxyl groups excluding tert-OH is 5. The molecule has 1 heterocycles. The second kappa shape index (κ2) is 11.3. The van der Waals surface area contributed by atoms with Gasteiger partial charge in [-0.3, -0.25) is 19.2 Å². The Kier molecular flexibility index (Phi) is 7.66. The van der Waals surface area contributed by atoms with E-state index in [1.54, 1.807) is 0 Å². The second-order valence-corrected chi connectivity index (χ2v) is 11.4. The van der Waals surface area contributed by atoms with E-state index in [4.69, 9.17) is 14.6 Å². The van der Waals surface area contributed by atoms with Crippen molar-refractivity contribution in [2.24, 2.45) is 0 Å². The molecule has 3 aromatic rings. The first-order valence-electron chi connectivity index (χ1n) is 14.1. The maximum absolute atomic E-state index is 13.9. The van der Waals surface area contributed by atoms with Crippen molar-refractivity contribution >= 4 is 23.4 Å². The zero-order chi connectivity index (χ0) is 34.2. The lowest BCUT2D eigenvalue weighted by Gasteiger charge is -2.35. The van der Waals surface area contributed by atoms with Gasteiger partial charge in [-0.25, -0.2) is 0 Å². The normalized spacial score (nSPS) is 24.5. The predicted octanol–water partition coefficient (Wildman–Crippen LogP) is -0.733. The number of aliphatic hydroxyl groups is 5. The lowest BCUT2D eigenvalue weighted by Crippen LogP contribution is -2.54. The summed E-state index contributed by atoms with van der Waals surface area (Å²) in [5, 5.41) is 96.6. The SMILES string of the molecule is Cc1cc2c(c(O)c1C(=O)NCC(=O)O)-c1c(cc3c(c1O)C(=O)c1cc(O[C@H]4OC[C@H](O)[C@@H](O)[C@@H]4O)cc(O)c1C3=O)[C@H](O)[C@H]2O. The molecule has 0 radical (unpaired) electrons. The number of carbonyl (C=O) groups excluding carboxylic acids is 3. The highest BCUT2D eigenvalue weighted by molar-refractivity contribution is 6.31. The van der Waals surface area contributed by atoms with Gasteiger partial charge in [0.25, 0.3) is 5.91 Å². The van der Waals surface area contributed by atoms with Gasteiger partial charge in [0, 0.05) is 28.3 Å². The third-order valence-electron chi connectivity index (χ3n) is 8.41. The number of amides is 1. The van der Waals surface area contributed by atoms with Crippen LogP contribution in [0.3, 0.4) is 0 Å². The summed E-state index contributed by atoms with van der Waals surface area (Å²) in [5.74, 6) is -7.16. The highest BCUT2D eigenvalue weighted by Gasteiger charge is 2.44. The van der Waals surface area contributed by atoms with Crippen LogP contribution in [0.25, 0.3) is 11.1 Å². The fourth-order valence-corrected chi connectivity index (χ4v) is 6.16. The van der Waals surface area contributed by atoms with Crippen LogP contribution in [0.4, 0.5) is 0 Å². The number of aryl methyl sites for hydroxylation is 1. The number of phenols is 3. The highest BCUT2D eigenvalue weighted by Crippen LogP contribution is 2.55. The molecule has 0 saturated carbocycles. The third-order valence-corrected chi connectivity index (χ3v) is 8.41. The van der Waals surface area contributed by atoms with Crippen LogP contribution in [0, 0.1) is 6.92 Å². The molecule has 6 rings (SSSR count). The van der Waals surface area contributed by atoms with Crippen LogP contribution in [0.1, 0.15) is 71.1 Å². The molecule has 1 fully saturated rings. The van der Waals surface area contributed by atoms with Gasteiger partial charge in [0.2, 0.25) is 6.29 Å². The van der Waals surface area contributed by atoms with Crippen LogP contribution in [0.2, 0.25) is 0 Å². The molecule has 0 aromatic heterocycles. The molecule has 2 aliphatic carbocycles. The van der Waals surface area contributed by atoms with Gasteiger partial charge in [-0.05, 0) is 35.7 Å². The van der Waals surface area contributed by atoms with E-state index in [1.807, 2.05) is 0 Å². The average Bonchev–Trinajstić information content (AvgIpc) is 3.01. The van der Waals surface area contributed by atoms with Crippen molar-refractivity contribution < 1.29 is 74.6 Å². The molecule has 1 aliphatic heterocycles. The Morgan fingerprint density at radius 3 is 2.09 bits per heavy atom. The molecule has 16 nitrogen and oxygen atoms in total. The number of fused-ring (bicyclic) bond motifs is 5. The van der Waals surface area contributed by atoms with Crippen molar-refractivity contribution in [2.45, 2.75) is 43.7 Å². The standard InChI is InChI=1S/C31H27NO15/c1-8-2-10-19(27(42)17(8)30(45)32-6-16(35)36)20-12(25(40)24(10)39)5-13-21(28(20)43)23(38)11-3-9(4-14(33)18(11)22(13)37)47-31-29(44)26(41)15(34)7-46-31/h2-5,15,24-26,29,31,33-34,39-44H,6-7H2,1H3,(H,32,45)(H,35,36)/t15-,24-,25-,26+,29-,31+/m0/s1. The summed E-state index contributed by atoms with van der Waals surface area (Å²) >= 11 is 0. The quantitative estimate of drug-likeness (QED) is 0.127. The van der Waals surface area contributed by atoms with Crippen LogP contribution < -0.4 is 10.1 Å². The summed E-state index contributed by atoms with van der Waals surface area (Å²) in [6.45, 7) is 0.164. The fraction of sp³-hybridized carbons (Fsp3) is 0.290. The molecule has 246 valence electrons. The van der Waals surface area contributed by atoms with E-state index >= 15 is 0 Å². The topological polar surface area (TPSA) is 281 Å². The minimum Gasteiger partial charge on any atom is -0.507 e. The van der Waals surface area contributed by atoms with Crippen LogP contribution in [0.15, 0.2) is 24.3 Å². The van der Waals surface area contributed by atoms with E-state index in [2.05, 4.69) is 5.32 Å². The van der Waals surface area contributed by atoms with Crippen molar-refractivity contribution in [2.75, 3.05) is 13.2 Å². The molecule has 1 amide bonds. The number of carboxylic acids is 1. The first-order chi connectivity index (χ1) is 22.1. The van der Waals surface area contributed by atoms with Crippen molar-refractivity contribution in [1.82, 2.24) is 5.32 Å². The van der Waals surface area contributed by atoms with E-state index in [-0.39, 0.29) is 28.0 Å². The number of phenolic OH excluding ortho intramolecular Hbond substituents is 3. The molecule has 3 aliphatic rings. The van der Waals surface area contributed by atoms with E-state index < -0.39 is 124 Å². The molecule has 0 unspecified atom stereocenters. The number of ketones is 2. The van der Waals surface area contributed by atoms with Gasteiger partial charge in [0.15, 0.2) is 11.6 Å². The van der Waals surface area contributed by atoms with Crippen LogP contribution >= 0.6 is 0 Å². The maximum atomic E-state index is 13.9. The summed E-state index contributed by atoms with van der Waals surface area (Å²) in [6.07, 6.45) is -9.88. The zero-order valence-electron chi connectivity index (χ0n) is 24.2. The highest BCUT2D eigenvalue weighted by atomic mass is 16.7. The fourth-order valence-electron chi connectivity index (χ4n) is 6.16. The summed E-state index contributed by atoms with van der Waals surface area (Å²) < 4.78 is 10.7. The minimum absolute atomic E-state index is 0.0774. The summed E-state index contributed by atoms with van der Waals surface area (Å²) in [7, 11) is 0. The molecule has 47 heavy (non-hydrogen) atoms. The van der Waals surface area contributed by atoms with E-state index in [0.29, 0.717) is 0 Å². The largest absolute Gasteiger partial charge is 0.507 e. The van der Waals surface area contributed by atoms with Gasteiger partial charge in [0.1, 0.15) is 60.1 Å². The molecule has 16 heteroatoms. The first-order valence-corrected chi connectivity index (χ1v) is 14.1. The molecule has 6 atom stereocenters. The number of aliphatic carboxylic acids is 1. The number of benzene rings is 3. The van der Waals surface area contributed by atoms with Crippen molar-refractivity contribution in [3.05, 3.63) is 68.8 Å². The zero-order valence-corrected chi connectivity index (χ0v) is 24.2. The van der Waals surface area contributed by atoms with Gasteiger partial charge in [-0.15, -0.1) is 0 Å². The van der Waals surface area contributed by atoms with Crippen molar-refractivity contribution in [3.63, 3.8) is 0 Å². The number of aromatic hydroxyl groups is 3. The van der Waals surface area contributed by atoms with Crippen LogP contribution in [-0.4, -0.2) is 107 Å². The molecule has 0 spiro atoms. The van der Waals surface area contributed by atoms with Crippen LogP contribution in [0.5, 0.6) is 23.0 Å². The molecule has 3 aromatic carbocycles. The molecule has 1 saturated heterocycles. The van der Waals surface area contributed by atoms with E-state index in [0.717, 1.165) is 18.2 Å². The lowest BCUT2D eigenvalue weighted by atomic mass is 9.74. The maximum Gasteiger partial charge on any atom is 0.322 e. The Morgan fingerprint density at radius 2 is 1.43 bits per heavy atom. The van der Waals surface area contributed by atoms with Gasteiger partial charge >= 0.3 is 5.97 Å². The van der Waals surface area contributed by atoms with Crippen molar-refractivity contribution in [3.8, 4) is 34.1 Å². The van der Waals surface area contributed by atoms with Gasteiger partial charge in [0.05, 0.1) is 23.3 Å². The smallest absolute Gasteiger partial charge is 0.322 e. The second-order valence-electron chi connectivity index (χ2n) is 11.4. The number of hydrogen-bond acceptors (Lipinski definition) is 14. The Balaban J connectivity index is 1.49. The van der Waals surface area contributed by atoms with E-state index in [9.17, 15) is 60.0 Å². The van der Waals surface area contributed by atoms with Crippen LogP contribution in [-0.2, 0) is 9.53 Å². The molecular weight excluding hydrogens is 626 g/mol. The predicted molar refractivity (Wildman–Crippen MR) is 153 cm³/mol. The van der Waals surface area contributed by atoms with Gasteiger partial charge in [-0.2, -0.15) is 0 Å². The molecule has 0 bridgehead atoms. The number of hydrogen-bond donors (Lipinski definition) is 10. The lowest BCUT2D eigenvalue weighted by molar-refractivity contribution is -0.242. The van der Waals surface area contributed by atoms with Gasteiger partial charge < -0.3 is 60.7 Å². The Morgan fingerprint density at radius 1 is 0.830 bits per heavy atom. The monoisotopic (exact) mass is 653 g/mol. The number of rotatable bonds is 5. The number of ether oxygens (including phenoxy) is 2. The summed E-state index contributed by atoms with van der Waals surface area (Å²) in [4.78, 5) is 51.4. The van der Waals surface area contributed by atoms with Gasteiger partial charge in [-0.1, -0.05) is 6.07 Å². The minimum atomic E-state index is -1.80. The van der Waals surface area contributed by atoms with Crippen molar-refractivity contribution in [1.29, 1.82) is 0 Å². The average molecular weight is 654 g/mol. The molecule has 10 N–H and O–H groups in total. The number of nitrogens with one attached hydrogen (secondary N) is 1. The summed E-state index contributed by atoms with van der Waals surface area (Å²) in [5.41, 5.74) is -3.59. The Hall–Kier alpha value is -5.10. The summed E-state index contributed by atoms with van der Waals surface area (Å²) in [6, 6.07) is 4.20. The first kappa shape index (κ1) is 31.9. The van der Waals surface area contributed by atoms with E-state index in [1.165, 1.54) is 13.0 Å².